The minimum absolute atomic E-state index is 0.0240. The zero-order valence-corrected chi connectivity index (χ0v) is 19.0. The van der Waals surface area contributed by atoms with E-state index >= 15 is 0 Å². The van der Waals surface area contributed by atoms with Crippen LogP contribution in [0.1, 0.15) is 0 Å². The van der Waals surface area contributed by atoms with Gasteiger partial charge in [0.15, 0.2) is 0 Å². The van der Waals surface area contributed by atoms with Crippen molar-refractivity contribution in [3.8, 4) is 22.9 Å². The fourth-order valence-electron chi connectivity index (χ4n) is 3.76. The molecule has 0 aliphatic carbocycles. The minimum atomic E-state index is -0.731. The molecule has 0 aliphatic heterocycles. The van der Waals surface area contributed by atoms with Gasteiger partial charge >= 0.3 is 0 Å². The molecule has 0 atom stereocenters. The van der Waals surface area contributed by atoms with Gasteiger partial charge in [-0.15, -0.1) is 0 Å². The highest BCUT2D eigenvalue weighted by Gasteiger charge is 2.22. The van der Waals surface area contributed by atoms with Gasteiger partial charge < -0.3 is 10.2 Å². The lowest BCUT2D eigenvalue weighted by Crippen LogP contribution is -2.24. The van der Waals surface area contributed by atoms with Crippen LogP contribution in [0.5, 0.6) is 11.5 Å². The molecule has 10 heteroatoms. The summed E-state index contributed by atoms with van der Waals surface area (Å²) < 4.78 is 2.68. The maximum Gasteiger partial charge on any atom is 0.266 e. The molecule has 0 unspecified atom stereocenters. The number of halogens is 2. The van der Waals surface area contributed by atoms with Crippen LogP contribution < -0.4 is 22.2 Å². The fourth-order valence-corrected chi connectivity index (χ4v) is 4.46. The molecule has 0 fully saturated rings. The normalized spacial score (nSPS) is 11.6. The van der Waals surface area contributed by atoms with Crippen LogP contribution in [0.25, 0.3) is 32.9 Å². The van der Waals surface area contributed by atoms with Crippen molar-refractivity contribution >= 4 is 53.4 Å². The van der Waals surface area contributed by atoms with Crippen molar-refractivity contribution in [3.05, 3.63) is 98.9 Å². The summed E-state index contributed by atoms with van der Waals surface area (Å²) in [5, 5.41) is 20.1. The van der Waals surface area contributed by atoms with Gasteiger partial charge in [0, 0.05) is 8.95 Å². The first-order valence-corrected chi connectivity index (χ1v) is 10.7. The van der Waals surface area contributed by atoms with Crippen molar-refractivity contribution < 1.29 is 10.2 Å². The highest BCUT2D eigenvalue weighted by Crippen LogP contribution is 2.27. The number of benzene rings is 3. The maximum absolute atomic E-state index is 13.0. The van der Waals surface area contributed by atoms with Crippen LogP contribution in [0.3, 0.4) is 0 Å². The molecule has 3 aromatic carbocycles. The molecule has 0 saturated heterocycles. The number of nitrogens with zero attached hydrogens (tertiary/aromatic N) is 2. The van der Waals surface area contributed by atoms with E-state index in [1.165, 1.54) is 36.4 Å². The molecule has 0 radical (unpaired) electrons. The van der Waals surface area contributed by atoms with Gasteiger partial charge in [0.25, 0.3) is 22.2 Å². The van der Waals surface area contributed by atoms with Crippen LogP contribution in [-0.2, 0) is 0 Å². The predicted molar refractivity (Wildman–Crippen MR) is 126 cm³/mol. The lowest BCUT2D eigenvalue weighted by Gasteiger charge is -2.04. The smallest absolute Gasteiger partial charge is 0.266 e. The molecule has 2 heterocycles. The van der Waals surface area contributed by atoms with Crippen LogP contribution in [0.2, 0.25) is 0 Å². The van der Waals surface area contributed by atoms with Crippen LogP contribution >= 0.6 is 31.9 Å². The Bertz CT molecular complexity index is 1600. The summed E-state index contributed by atoms with van der Waals surface area (Å²) in [7, 11) is 0. The van der Waals surface area contributed by atoms with Crippen LogP contribution in [-0.4, -0.2) is 19.3 Å². The van der Waals surface area contributed by atoms with Gasteiger partial charge in [-0.3, -0.25) is 19.2 Å². The summed E-state index contributed by atoms with van der Waals surface area (Å²) in [6.45, 7) is 0. The van der Waals surface area contributed by atoms with Gasteiger partial charge in [-0.25, -0.2) is 9.13 Å². The van der Waals surface area contributed by atoms with Gasteiger partial charge in [-0.2, -0.15) is 0 Å². The van der Waals surface area contributed by atoms with Gasteiger partial charge in [0.05, 0.1) is 32.9 Å². The monoisotopic (exact) mass is 556 g/mol. The van der Waals surface area contributed by atoms with Crippen LogP contribution in [0.4, 0.5) is 0 Å². The first-order valence-electron chi connectivity index (χ1n) is 9.11. The van der Waals surface area contributed by atoms with E-state index in [1.807, 2.05) is 0 Å². The first kappa shape index (κ1) is 20.4. The second-order valence-electron chi connectivity index (χ2n) is 7.10. The number of aromatic hydroxyl groups is 2. The van der Waals surface area contributed by atoms with E-state index in [0.29, 0.717) is 8.95 Å². The van der Waals surface area contributed by atoms with E-state index in [0.717, 1.165) is 9.13 Å². The summed E-state index contributed by atoms with van der Waals surface area (Å²) in [5.41, 5.74) is -2.97. The van der Waals surface area contributed by atoms with Crippen molar-refractivity contribution in [2.75, 3.05) is 0 Å². The standard InChI is InChI=1S/C22H10Br2N2O6/c23-9-1-3-17(27)15(5-9)25-19(29)11-7-13-14(8-12(11)20(25)30)22(32)26(21(13)31)16-6-10(24)2-4-18(16)28/h1-8,27-28H. The highest BCUT2D eigenvalue weighted by atomic mass is 79.9. The zero-order valence-electron chi connectivity index (χ0n) is 15.8. The van der Waals surface area contributed by atoms with E-state index in [9.17, 15) is 29.4 Å². The van der Waals surface area contributed by atoms with E-state index < -0.39 is 22.2 Å². The first-order chi connectivity index (χ1) is 15.2. The number of fused-ring (bicyclic) bond motifs is 2. The Balaban J connectivity index is 1.88. The molecule has 5 aromatic rings. The van der Waals surface area contributed by atoms with Crippen molar-refractivity contribution in [1.82, 2.24) is 9.13 Å². The number of phenolic OH excluding ortho intramolecular Hbond substituents is 2. The van der Waals surface area contributed by atoms with Gasteiger partial charge in [-0.1, -0.05) is 31.9 Å². The third-order valence-electron chi connectivity index (χ3n) is 5.25. The molecule has 8 nitrogen and oxygen atoms in total. The minimum Gasteiger partial charge on any atom is -0.506 e. The number of hydrogen-bond acceptors (Lipinski definition) is 6. The SMILES string of the molecule is O=c1c2cc3c(=O)n(-c4cc(Br)ccc4O)c(=O)c3cc2c(=O)n1-c1cc(Br)ccc1O. The molecule has 32 heavy (non-hydrogen) atoms. The predicted octanol–water partition coefficient (Wildman–Crippen LogP) is 2.83. The highest BCUT2D eigenvalue weighted by molar-refractivity contribution is 9.10. The lowest BCUT2D eigenvalue weighted by atomic mass is 10.1. The Morgan fingerprint density at radius 2 is 0.844 bits per heavy atom. The van der Waals surface area contributed by atoms with Gasteiger partial charge in [-0.05, 0) is 48.5 Å². The summed E-state index contributed by atoms with van der Waals surface area (Å²) in [5.74, 6) is -0.558. The topological polar surface area (TPSA) is 119 Å². The summed E-state index contributed by atoms with van der Waals surface area (Å²) in [4.78, 5) is 52.1. The molecule has 5 rings (SSSR count). The summed E-state index contributed by atoms with van der Waals surface area (Å²) in [6, 6.07) is 11.0. The second kappa shape index (κ2) is 7.01. The van der Waals surface area contributed by atoms with Crippen molar-refractivity contribution in [2.24, 2.45) is 0 Å². The zero-order chi connectivity index (χ0) is 22.9. The molecule has 2 N–H and O–H groups in total. The molecule has 158 valence electrons. The molecule has 0 amide bonds. The molecule has 0 aliphatic rings. The Kier molecular flexibility index (Phi) is 4.47. The number of phenols is 2. The molecule has 0 spiro atoms. The van der Waals surface area contributed by atoms with Gasteiger partial charge in [0.2, 0.25) is 0 Å². The Hall–Kier alpha value is -3.50. The molecular formula is C22H10Br2N2O6. The maximum atomic E-state index is 13.0. The second-order valence-corrected chi connectivity index (χ2v) is 8.93. The lowest BCUT2D eigenvalue weighted by molar-refractivity contribution is 0.471. The largest absolute Gasteiger partial charge is 0.506 e. The fraction of sp³-hybridized carbons (Fsp3) is 0. The third-order valence-corrected chi connectivity index (χ3v) is 6.23. The number of hydrogen-bond donors (Lipinski definition) is 2. The number of aromatic nitrogens is 2. The third kappa shape index (κ3) is 2.80. The van der Waals surface area contributed by atoms with Crippen molar-refractivity contribution in [2.45, 2.75) is 0 Å². The quantitative estimate of drug-likeness (QED) is 0.344. The average molecular weight is 558 g/mol. The molecule has 2 aromatic heterocycles. The van der Waals surface area contributed by atoms with E-state index in [2.05, 4.69) is 31.9 Å². The van der Waals surface area contributed by atoms with Crippen molar-refractivity contribution in [1.29, 1.82) is 0 Å². The van der Waals surface area contributed by atoms with Crippen LogP contribution in [0, 0.1) is 0 Å². The van der Waals surface area contributed by atoms with E-state index in [4.69, 9.17) is 0 Å². The van der Waals surface area contributed by atoms with E-state index in [-0.39, 0.29) is 44.4 Å². The van der Waals surface area contributed by atoms with E-state index in [1.54, 1.807) is 12.1 Å². The van der Waals surface area contributed by atoms with Gasteiger partial charge in [0.1, 0.15) is 11.5 Å². The summed E-state index contributed by atoms with van der Waals surface area (Å²) >= 11 is 6.48. The average Bonchev–Trinajstić information content (AvgIpc) is 3.15. The molecule has 0 saturated carbocycles. The Labute approximate surface area is 194 Å². The van der Waals surface area contributed by atoms with Crippen molar-refractivity contribution in [3.63, 3.8) is 0 Å². The summed E-state index contributed by atoms with van der Waals surface area (Å²) in [6.07, 6.45) is 0. The number of rotatable bonds is 2. The Morgan fingerprint density at radius 1 is 0.531 bits per heavy atom. The molecule has 0 bridgehead atoms. The Morgan fingerprint density at radius 3 is 1.16 bits per heavy atom. The van der Waals surface area contributed by atoms with Crippen LogP contribution in [0.15, 0.2) is 76.7 Å². The molecular weight excluding hydrogens is 548 g/mol.